The summed E-state index contributed by atoms with van der Waals surface area (Å²) in [5.41, 5.74) is 2.32. The molecule has 1 aromatic heterocycles. The van der Waals surface area contributed by atoms with Crippen molar-refractivity contribution in [1.29, 1.82) is 0 Å². The van der Waals surface area contributed by atoms with Gasteiger partial charge in [-0.05, 0) is 18.9 Å². The molecule has 0 atom stereocenters. The lowest BCUT2D eigenvalue weighted by Gasteiger charge is -2.24. The maximum atomic E-state index is 6.23. The van der Waals surface area contributed by atoms with Crippen molar-refractivity contribution in [1.82, 2.24) is 9.97 Å². The third-order valence-electron chi connectivity index (χ3n) is 3.27. The molecule has 2 aromatic rings. The second kappa shape index (κ2) is 7.25. The largest absolute Gasteiger partial charge is 0.352 e. The molecule has 0 aliphatic heterocycles. The molecule has 0 spiro atoms. The highest BCUT2D eigenvalue weighted by Gasteiger charge is 2.15. The van der Waals surface area contributed by atoms with Crippen LogP contribution in [0.3, 0.4) is 0 Å². The Morgan fingerprint density at radius 3 is 2.50 bits per heavy atom. The van der Waals surface area contributed by atoms with Gasteiger partial charge in [-0.1, -0.05) is 55.3 Å². The van der Waals surface area contributed by atoms with Crippen molar-refractivity contribution in [2.75, 3.05) is 11.4 Å². The lowest BCUT2D eigenvalue weighted by Crippen LogP contribution is -2.24. The number of rotatable bonds is 6. The van der Waals surface area contributed by atoms with Gasteiger partial charge < -0.3 is 4.90 Å². The topological polar surface area (TPSA) is 29.0 Å². The van der Waals surface area contributed by atoms with Gasteiger partial charge in [-0.25, -0.2) is 9.97 Å². The Morgan fingerprint density at radius 2 is 1.85 bits per heavy atom. The Morgan fingerprint density at radius 1 is 1.10 bits per heavy atom. The number of hydrogen-bond donors (Lipinski definition) is 0. The molecule has 0 unspecified atom stereocenters. The van der Waals surface area contributed by atoms with Gasteiger partial charge in [0.25, 0.3) is 0 Å². The van der Waals surface area contributed by atoms with E-state index < -0.39 is 0 Å². The van der Waals surface area contributed by atoms with Gasteiger partial charge in [0.2, 0.25) is 0 Å². The average Bonchev–Trinajstić information content (AvgIpc) is 2.48. The summed E-state index contributed by atoms with van der Waals surface area (Å²) in [7, 11) is 0. The molecule has 106 valence electrons. The van der Waals surface area contributed by atoms with E-state index in [1.54, 1.807) is 6.33 Å². The molecule has 1 heterocycles. The van der Waals surface area contributed by atoms with E-state index >= 15 is 0 Å². The van der Waals surface area contributed by atoms with E-state index in [2.05, 4.69) is 53.0 Å². The zero-order chi connectivity index (χ0) is 14.4. The molecule has 0 saturated heterocycles. The summed E-state index contributed by atoms with van der Waals surface area (Å²) in [6.07, 6.45) is 3.48. The SMILES string of the molecule is CCCc1c(Cl)ncnc1N(CC)Cc1ccccc1. The first-order chi connectivity index (χ1) is 9.76. The van der Waals surface area contributed by atoms with Crippen molar-refractivity contribution in [3.8, 4) is 0 Å². The predicted molar refractivity (Wildman–Crippen MR) is 84.2 cm³/mol. The maximum absolute atomic E-state index is 6.23. The van der Waals surface area contributed by atoms with Crippen LogP contribution in [0.1, 0.15) is 31.4 Å². The monoisotopic (exact) mass is 289 g/mol. The number of benzene rings is 1. The van der Waals surface area contributed by atoms with E-state index in [0.717, 1.165) is 37.3 Å². The summed E-state index contributed by atoms with van der Waals surface area (Å²) in [6, 6.07) is 10.4. The van der Waals surface area contributed by atoms with Crippen LogP contribution < -0.4 is 4.90 Å². The number of anilines is 1. The third kappa shape index (κ3) is 3.48. The van der Waals surface area contributed by atoms with Gasteiger partial charge in [-0.3, -0.25) is 0 Å². The first kappa shape index (κ1) is 14.8. The summed E-state index contributed by atoms with van der Waals surface area (Å²) in [6.45, 7) is 6.00. The molecule has 0 radical (unpaired) electrons. The van der Waals surface area contributed by atoms with Crippen LogP contribution in [0.4, 0.5) is 5.82 Å². The average molecular weight is 290 g/mol. The summed E-state index contributed by atoms with van der Waals surface area (Å²) in [5.74, 6) is 0.957. The van der Waals surface area contributed by atoms with E-state index in [0.29, 0.717) is 5.15 Å². The molecule has 0 bridgehead atoms. The molecule has 3 nitrogen and oxygen atoms in total. The zero-order valence-electron chi connectivity index (χ0n) is 12.0. The normalized spacial score (nSPS) is 10.6. The highest BCUT2D eigenvalue weighted by atomic mass is 35.5. The molecule has 2 rings (SSSR count). The summed E-state index contributed by atoms with van der Waals surface area (Å²) in [5, 5.41) is 0.573. The molecule has 0 N–H and O–H groups in total. The van der Waals surface area contributed by atoms with Gasteiger partial charge in [0.1, 0.15) is 17.3 Å². The first-order valence-corrected chi connectivity index (χ1v) is 7.42. The molecular formula is C16H20ClN3. The van der Waals surface area contributed by atoms with Crippen molar-refractivity contribution in [3.63, 3.8) is 0 Å². The first-order valence-electron chi connectivity index (χ1n) is 7.04. The van der Waals surface area contributed by atoms with Crippen LogP contribution in [0.2, 0.25) is 5.15 Å². The molecule has 0 aliphatic carbocycles. The maximum Gasteiger partial charge on any atom is 0.137 e. The summed E-state index contributed by atoms with van der Waals surface area (Å²) in [4.78, 5) is 10.8. The van der Waals surface area contributed by atoms with Crippen molar-refractivity contribution >= 4 is 17.4 Å². The summed E-state index contributed by atoms with van der Waals surface area (Å²) < 4.78 is 0. The quantitative estimate of drug-likeness (QED) is 0.750. The number of hydrogen-bond acceptors (Lipinski definition) is 3. The Bertz CT molecular complexity index is 543. The highest BCUT2D eigenvalue weighted by molar-refractivity contribution is 6.30. The van der Waals surface area contributed by atoms with Crippen LogP contribution in [0.5, 0.6) is 0 Å². The van der Waals surface area contributed by atoms with Gasteiger partial charge in [-0.2, -0.15) is 0 Å². The zero-order valence-corrected chi connectivity index (χ0v) is 12.8. The van der Waals surface area contributed by atoms with Crippen molar-refractivity contribution < 1.29 is 0 Å². The minimum absolute atomic E-state index is 0.573. The van der Waals surface area contributed by atoms with Gasteiger partial charge in [0.15, 0.2) is 0 Å². The fraction of sp³-hybridized carbons (Fsp3) is 0.375. The van der Waals surface area contributed by atoms with Crippen molar-refractivity contribution in [3.05, 3.63) is 52.9 Å². The highest BCUT2D eigenvalue weighted by Crippen LogP contribution is 2.25. The Hall–Kier alpha value is -1.61. The second-order valence-electron chi connectivity index (χ2n) is 4.72. The lowest BCUT2D eigenvalue weighted by molar-refractivity contribution is 0.788. The third-order valence-corrected chi connectivity index (χ3v) is 3.59. The van der Waals surface area contributed by atoms with Crippen LogP contribution >= 0.6 is 11.6 Å². The van der Waals surface area contributed by atoms with Crippen LogP contribution in [-0.2, 0) is 13.0 Å². The number of halogens is 1. The fourth-order valence-corrected chi connectivity index (χ4v) is 2.48. The molecule has 1 aromatic carbocycles. The van der Waals surface area contributed by atoms with Crippen molar-refractivity contribution in [2.45, 2.75) is 33.2 Å². The Labute approximate surface area is 125 Å². The van der Waals surface area contributed by atoms with Crippen LogP contribution in [0, 0.1) is 0 Å². The standard InChI is InChI=1S/C16H20ClN3/c1-3-8-14-15(17)18-12-19-16(14)20(4-2)11-13-9-6-5-7-10-13/h5-7,9-10,12H,3-4,8,11H2,1-2H3. The number of nitrogens with zero attached hydrogens (tertiary/aromatic N) is 3. The molecular weight excluding hydrogens is 270 g/mol. The van der Waals surface area contributed by atoms with E-state index in [4.69, 9.17) is 11.6 Å². The smallest absolute Gasteiger partial charge is 0.137 e. The van der Waals surface area contributed by atoms with E-state index in [1.165, 1.54) is 5.56 Å². The Kier molecular flexibility index (Phi) is 5.36. The van der Waals surface area contributed by atoms with Crippen molar-refractivity contribution in [2.24, 2.45) is 0 Å². The minimum atomic E-state index is 0.573. The number of aromatic nitrogens is 2. The Balaban J connectivity index is 2.29. The minimum Gasteiger partial charge on any atom is -0.352 e. The van der Waals surface area contributed by atoms with E-state index in [1.807, 2.05) is 6.07 Å². The molecule has 0 saturated carbocycles. The lowest BCUT2D eigenvalue weighted by atomic mass is 10.1. The van der Waals surface area contributed by atoms with E-state index in [9.17, 15) is 0 Å². The predicted octanol–water partition coefficient (Wildman–Crippen LogP) is 4.11. The van der Waals surface area contributed by atoms with E-state index in [-0.39, 0.29) is 0 Å². The summed E-state index contributed by atoms with van der Waals surface area (Å²) >= 11 is 6.23. The van der Waals surface area contributed by atoms with Gasteiger partial charge in [0, 0.05) is 18.7 Å². The van der Waals surface area contributed by atoms with Gasteiger partial charge in [-0.15, -0.1) is 0 Å². The second-order valence-corrected chi connectivity index (χ2v) is 5.07. The van der Waals surface area contributed by atoms with Crippen LogP contribution in [-0.4, -0.2) is 16.5 Å². The molecule has 0 aliphatic rings. The van der Waals surface area contributed by atoms with Crippen LogP contribution in [0.25, 0.3) is 0 Å². The van der Waals surface area contributed by atoms with Gasteiger partial charge in [0.05, 0.1) is 0 Å². The fourth-order valence-electron chi connectivity index (χ4n) is 2.26. The molecule has 0 fully saturated rings. The van der Waals surface area contributed by atoms with Crippen LogP contribution in [0.15, 0.2) is 36.7 Å². The molecule has 20 heavy (non-hydrogen) atoms. The molecule has 4 heteroatoms. The van der Waals surface area contributed by atoms with Gasteiger partial charge >= 0.3 is 0 Å². The molecule has 0 amide bonds.